The van der Waals surface area contributed by atoms with Gasteiger partial charge >= 0.3 is 0 Å². The Kier molecular flexibility index (Phi) is 35.2. The van der Waals surface area contributed by atoms with Crippen LogP contribution in [0.4, 0.5) is 0 Å². The van der Waals surface area contributed by atoms with Crippen LogP contribution in [-0.4, -0.2) is 16.4 Å². The van der Waals surface area contributed by atoms with Crippen LogP contribution in [-0.2, 0) is 0 Å². The van der Waals surface area contributed by atoms with E-state index in [4.69, 9.17) is 0 Å². The molecule has 218 valence electrons. The summed E-state index contributed by atoms with van der Waals surface area (Å²) in [6, 6.07) is 0. The van der Waals surface area contributed by atoms with Crippen LogP contribution in [0.1, 0.15) is 194 Å². The van der Waals surface area contributed by atoms with Gasteiger partial charge in [0.15, 0.2) is 0 Å². The van der Waals surface area contributed by atoms with E-state index in [0.717, 1.165) is 11.5 Å². The summed E-state index contributed by atoms with van der Waals surface area (Å²) in [7, 11) is 0. The van der Waals surface area contributed by atoms with Gasteiger partial charge < -0.3 is 4.89 Å². The summed E-state index contributed by atoms with van der Waals surface area (Å²) in [5, 5.41) is 0. The van der Waals surface area contributed by atoms with Crippen molar-refractivity contribution < 1.29 is 4.89 Å². The maximum Gasteiger partial charge on any atom is 0.149 e. The summed E-state index contributed by atoms with van der Waals surface area (Å²) in [5.74, 6) is 2.32. The fourth-order valence-electron chi connectivity index (χ4n) is 4.92. The van der Waals surface area contributed by atoms with Gasteiger partial charge in [-0.05, 0) is 12.8 Å². The molecule has 0 aromatic rings. The summed E-state index contributed by atoms with van der Waals surface area (Å²) >= 11 is 3.66. The topological polar surface area (TPSA) is 20.2 Å². The van der Waals surface area contributed by atoms with Gasteiger partial charge in [-0.2, -0.15) is 0 Å². The molecule has 1 nitrogen and oxygen atoms in total. The van der Waals surface area contributed by atoms with E-state index in [1.165, 1.54) is 180 Å². The average Bonchev–Trinajstić information content (AvgIpc) is 2.88. The first-order chi connectivity index (χ1) is 17.8. The van der Waals surface area contributed by atoms with Gasteiger partial charge in [0, 0.05) is 11.5 Å². The van der Waals surface area contributed by atoms with Crippen LogP contribution in [0.15, 0.2) is 0 Å². The molecule has 0 aromatic carbocycles. The first kappa shape index (κ1) is 37.1. The smallest absolute Gasteiger partial charge is 0.149 e. The van der Waals surface area contributed by atoms with Crippen molar-refractivity contribution in [3.63, 3.8) is 0 Å². The highest BCUT2D eigenvalue weighted by Crippen LogP contribution is 2.57. The van der Waals surface area contributed by atoms with Crippen molar-refractivity contribution in [1.29, 1.82) is 0 Å². The Bertz CT molecular complexity index is 349. The second kappa shape index (κ2) is 34.1. The van der Waals surface area contributed by atoms with Crippen LogP contribution in [0.3, 0.4) is 0 Å². The number of rotatable bonds is 32. The first-order valence-electron chi connectivity index (χ1n) is 16.6. The van der Waals surface area contributed by atoms with Gasteiger partial charge in [0.1, 0.15) is 6.55 Å². The van der Waals surface area contributed by atoms with E-state index in [0.29, 0.717) is 0 Å². The van der Waals surface area contributed by atoms with Gasteiger partial charge in [0.05, 0.1) is 0 Å². The summed E-state index contributed by atoms with van der Waals surface area (Å²) in [6.07, 6.45) is 39.8. The molecular formula is C32H67OPS2. The molecule has 0 bridgehead atoms. The lowest BCUT2D eigenvalue weighted by atomic mass is 10.0. The molecule has 0 heterocycles. The Morgan fingerprint density at radius 2 is 0.528 bits per heavy atom. The summed E-state index contributed by atoms with van der Waals surface area (Å²) in [5.41, 5.74) is 0. The van der Waals surface area contributed by atoms with Crippen LogP contribution < -0.4 is 0 Å². The van der Waals surface area contributed by atoms with Crippen molar-refractivity contribution in [2.45, 2.75) is 194 Å². The second-order valence-electron chi connectivity index (χ2n) is 11.1. The first-order valence-corrected chi connectivity index (χ1v) is 21.0. The summed E-state index contributed by atoms with van der Waals surface area (Å²) in [4.78, 5) is 10.2. The highest BCUT2D eigenvalue weighted by atomic mass is 33.1. The van der Waals surface area contributed by atoms with Gasteiger partial charge in [-0.3, -0.25) is 0 Å². The number of hydrogen-bond acceptors (Lipinski definition) is 3. The van der Waals surface area contributed by atoms with E-state index in [2.05, 4.69) is 13.8 Å². The van der Waals surface area contributed by atoms with E-state index >= 15 is 0 Å². The largest absolute Gasteiger partial charge is 0.355 e. The molecule has 0 fully saturated rings. The highest BCUT2D eigenvalue weighted by Gasteiger charge is 2.05. The molecule has 0 spiro atoms. The molecule has 4 heteroatoms. The molecule has 0 aliphatic rings. The molecule has 0 unspecified atom stereocenters. The van der Waals surface area contributed by atoms with Crippen molar-refractivity contribution in [2.24, 2.45) is 0 Å². The molecule has 0 rings (SSSR count). The van der Waals surface area contributed by atoms with Crippen LogP contribution in [0.2, 0.25) is 0 Å². The normalized spacial score (nSPS) is 11.7. The minimum absolute atomic E-state index is 0.831. The van der Waals surface area contributed by atoms with Crippen LogP contribution in [0, 0.1) is 0 Å². The Hall–Kier alpha value is 1.09. The molecule has 1 N–H and O–H groups in total. The zero-order valence-corrected chi connectivity index (χ0v) is 27.5. The van der Waals surface area contributed by atoms with E-state index in [1.807, 2.05) is 22.8 Å². The van der Waals surface area contributed by atoms with E-state index in [-0.39, 0.29) is 0 Å². The number of hydrogen-bond donors (Lipinski definition) is 1. The highest BCUT2D eigenvalue weighted by molar-refractivity contribution is 8.86. The van der Waals surface area contributed by atoms with Crippen molar-refractivity contribution in [1.82, 2.24) is 0 Å². The van der Waals surface area contributed by atoms with Crippen LogP contribution >= 0.6 is 29.3 Å². The summed E-state index contributed by atoms with van der Waals surface area (Å²) < 4.78 is 0. The van der Waals surface area contributed by atoms with Crippen molar-refractivity contribution in [2.75, 3.05) is 11.5 Å². The predicted octanol–water partition coefficient (Wildman–Crippen LogP) is 13.6. The van der Waals surface area contributed by atoms with Gasteiger partial charge in [0.25, 0.3) is 0 Å². The van der Waals surface area contributed by atoms with Gasteiger partial charge in [-0.1, -0.05) is 204 Å². The fraction of sp³-hybridized carbons (Fsp3) is 1.00. The van der Waals surface area contributed by atoms with E-state index < -0.39 is 6.55 Å². The Labute approximate surface area is 238 Å². The van der Waals surface area contributed by atoms with Crippen molar-refractivity contribution in [3.8, 4) is 0 Å². The minimum atomic E-state index is -0.831. The molecule has 0 amide bonds. The molecule has 36 heavy (non-hydrogen) atoms. The number of unbranched alkanes of at least 4 members (excludes halogenated alkanes) is 26. The molecule has 0 aliphatic heterocycles. The van der Waals surface area contributed by atoms with Gasteiger partial charge in [0.2, 0.25) is 0 Å². The zero-order valence-electron chi connectivity index (χ0n) is 24.9. The van der Waals surface area contributed by atoms with Crippen molar-refractivity contribution in [3.05, 3.63) is 0 Å². The molecule has 0 aromatic heterocycles. The Morgan fingerprint density at radius 1 is 0.333 bits per heavy atom. The van der Waals surface area contributed by atoms with Crippen molar-refractivity contribution >= 4 is 29.3 Å². The molecule has 0 radical (unpaired) electrons. The quantitative estimate of drug-likeness (QED) is 0.0650. The maximum absolute atomic E-state index is 10.2. The summed E-state index contributed by atoms with van der Waals surface area (Å²) in [6.45, 7) is 3.76. The molecule has 0 atom stereocenters. The lowest BCUT2D eigenvalue weighted by molar-refractivity contribution is 0.538. The van der Waals surface area contributed by atoms with Crippen LogP contribution in [0.25, 0.3) is 0 Å². The van der Waals surface area contributed by atoms with Crippen LogP contribution in [0.5, 0.6) is 0 Å². The third kappa shape index (κ3) is 33.1. The maximum atomic E-state index is 10.2. The Morgan fingerprint density at radius 3 is 0.750 bits per heavy atom. The molecule has 0 saturated carbocycles. The molecule has 0 saturated heterocycles. The SMILES string of the molecule is CCCCCCCCCCCCCCCCSP(O)SCCCCCCCCCCCCCCCC. The lowest BCUT2D eigenvalue weighted by Crippen LogP contribution is -1.85. The van der Waals surface area contributed by atoms with Gasteiger partial charge in [-0.25, -0.2) is 0 Å². The molecule has 0 aliphatic carbocycles. The zero-order chi connectivity index (χ0) is 26.2. The predicted molar refractivity (Wildman–Crippen MR) is 175 cm³/mol. The monoisotopic (exact) mass is 562 g/mol. The fourth-order valence-corrected chi connectivity index (χ4v) is 9.92. The standard InChI is InChI=1S/C32H67OPS2/c1-3-5-7-9-11-13-15-17-19-21-23-25-27-29-31-35-34(33)36-32-30-28-26-24-22-20-18-16-14-12-10-8-6-4-2/h33H,3-32H2,1-2H3. The third-order valence-corrected chi connectivity index (χ3v) is 13.1. The van der Waals surface area contributed by atoms with E-state index in [9.17, 15) is 4.89 Å². The van der Waals surface area contributed by atoms with Gasteiger partial charge in [-0.15, -0.1) is 0 Å². The molecular weight excluding hydrogens is 495 g/mol. The average molecular weight is 563 g/mol. The third-order valence-electron chi connectivity index (χ3n) is 7.40. The second-order valence-corrected chi connectivity index (χ2v) is 17.2. The Balaban J connectivity index is 3.13. The lowest BCUT2D eigenvalue weighted by Gasteiger charge is -2.09. The minimum Gasteiger partial charge on any atom is -0.355 e. The van der Waals surface area contributed by atoms with E-state index in [1.54, 1.807) is 0 Å².